The molecule has 3 N–H and O–H groups in total. The molecular formula is C9H13N3O3S. The van der Waals surface area contributed by atoms with Crippen LogP contribution in [0.2, 0.25) is 0 Å². The van der Waals surface area contributed by atoms with Crippen molar-refractivity contribution in [2.45, 2.75) is 26.3 Å². The Bertz CT molecular complexity index is 391. The average molecular weight is 243 g/mol. The highest BCUT2D eigenvalue weighted by atomic mass is 32.1. The van der Waals surface area contributed by atoms with Gasteiger partial charge in [0.1, 0.15) is 0 Å². The Hall–Kier alpha value is -1.63. The van der Waals surface area contributed by atoms with Gasteiger partial charge in [-0.1, -0.05) is 0 Å². The fourth-order valence-electron chi connectivity index (χ4n) is 1.08. The summed E-state index contributed by atoms with van der Waals surface area (Å²) in [6.07, 6.45) is -0.107. The highest BCUT2D eigenvalue weighted by Gasteiger charge is 2.11. The lowest BCUT2D eigenvalue weighted by Gasteiger charge is -2.11. The van der Waals surface area contributed by atoms with Gasteiger partial charge in [0.05, 0.1) is 12.1 Å². The first-order valence-corrected chi connectivity index (χ1v) is 5.57. The van der Waals surface area contributed by atoms with Gasteiger partial charge < -0.3 is 10.4 Å². The maximum absolute atomic E-state index is 11.4. The number of nitrogens with zero attached hydrogens (tertiary/aromatic N) is 1. The Morgan fingerprint density at radius 1 is 1.62 bits per heavy atom. The summed E-state index contributed by atoms with van der Waals surface area (Å²) in [5.74, 6) is -0.946. The molecule has 1 unspecified atom stereocenters. The molecule has 2 amide bonds. The van der Waals surface area contributed by atoms with Gasteiger partial charge in [0, 0.05) is 11.4 Å². The maximum Gasteiger partial charge on any atom is 0.321 e. The number of carboxylic acid groups (broad SMARTS) is 1. The molecule has 7 heteroatoms. The summed E-state index contributed by atoms with van der Waals surface area (Å²) in [5, 5.41) is 15.9. The van der Waals surface area contributed by atoms with Crippen LogP contribution in [0.25, 0.3) is 0 Å². The Labute approximate surface area is 96.7 Å². The second-order valence-electron chi connectivity index (χ2n) is 3.39. The van der Waals surface area contributed by atoms with Crippen LogP contribution in [-0.2, 0) is 4.79 Å². The predicted molar refractivity (Wildman–Crippen MR) is 60.7 cm³/mol. The first kappa shape index (κ1) is 12.4. The molecule has 0 radical (unpaired) electrons. The van der Waals surface area contributed by atoms with Gasteiger partial charge in [0.15, 0.2) is 5.13 Å². The zero-order chi connectivity index (χ0) is 12.1. The van der Waals surface area contributed by atoms with E-state index in [0.29, 0.717) is 5.13 Å². The van der Waals surface area contributed by atoms with Gasteiger partial charge in [-0.2, -0.15) is 0 Å². The molecule has 0 aliphatic heterocycles. The molecule has 6 nitrogen and oxygen atoms in total. The number of hydrogen-bond donors (Lipinski definition) is 3. The number of rotatable bonds is 4. The van der Waals surface area contributed by atoms with E-state index in [1.807, 2.05) is 12.3 Å². The zero-order valence-electron chi connectivity index (χ0n) is 8.98. The maximum atomic E-state index is 11.4. The van der Waals surface area contributed by atoms with E-state index in [-0.39, 0.29) is 6.42 Å². The lowest BCUT2D eigenvalue weighted by Crippen LogP contribution is -2.37. The zero-order valence-corrected chi connectivity index (χ0v) is 9.80. The van der Waals surface area contributed by atoms with Gasteiger partial charge in [-0.3, -0.25) is 10.1 Å². The standard InChI is InChI=1S/C9H13N3O3S/c1-5(3-7(13)14)10-8(15)12-9-11-6(2)4-16-9/h4-5H,3H2,1-2H3,(H,13,14)(H2,10,11,12,15). The lowest BCUT2D eigenvalue weighted by molar-refractivity contribution is -0.137. The van der Waals surface area contributed by atoms with E-state index in [2.05, 4.69) is 15.6 Å². The summed E-state index contributed by atoms with van der Waals surface area (Å²) in [7, 11) is 0. The minimum atomic E-state index is -0.946. The molecule has 0 aliphatic carbocycles. The van der Waals surface area contributed by atoms with Crippen molar-refractivity contribution in [3.8, 4) is 0 Å². The summed E-state index contributed by atoms with van der Waals surface area (Å²) >= 11 is 1.32. The molecule has 0 aliphatic rings. The molecule has 0 saturated heterocycles. The van der Waals surface area contributed by atoms with Crippen LogP contribution >= 0.6 is 11.3 Å². The van der Waals surface area contributed by atoms with E-state index < -0.39 is 18.0 Å². The number of hydrogen-bond acceptors (Lipinski definition) is 4. The monoisotopic (exact) mass is 243 g/mol. The minimum absolute atomic E-state index is 0.107. The van der Waals surface area contributed by atoms with Crippen LogP contribution in [0.1, 0.15) is 19.0 Å². The van der Waals surface area contributed by atoms with Crippen LogP contribution < -0.4 is 10.6 Å². The van der Waals surface area contributed by atoms with Crippen LogP contribution in [0.3, 0.4) is 0 Å². The highest BCUT2D eigenvalue weighted by Crippen LogP contribution is 2.13. The van der Waals surface area contributed by atoms with Crippen LogP contribution in [0.4, 0.5) is 9.93 Å². The molecule has 88 valence electrons. The summed E-state index contributed by atoms with van der Waals surface area (Å²) in [4.78, 5) is 25.8. The van der Waals surface area contributed by atoms with Crippen LogP contribution in [0, 0.1) is 6.92 Å². The van der Waals surface area contributed by atoms with Crippen molar-refractivity contribution in [1.82, 2.24) is 10.3 Å². The van der Waals surface area contributed by atoms with Crippen LogP contribution in [-0.4, -0.2) is 28.1 Å². The highest BCUT2D eigenvalue weighted by molar-refractivity contribution is 7.13. The normalized spacial score (nSPS) is 11.9. The number of amides is 2. The fraction of sp³-hybridized carbons (Fsp3) is 0.444. The second-order valence-corrected chi connectivity index (χ2v) is 4.25. The second kappa shape index (κ2) is 5.45. The van der Waals surface area contributed by atoms with Crippen molar-refractivity contribution in [3.63, 3.8) is 0 Å². The number of aryl methyl sites for hydroxylation is 1. The Balaban J connectivity index is 2.38. The molecule has 0 bridgehead atoms. The Kier molecular flexibility index (Phi) is 4.24. The molecule has 0 fully saturated rings. The largest absolute Gasteiger partial charge is 0.481 e. The summed E-state index contributed by atoms with van der Waals surface area (Å²) in [5.41, 5.74) is 0.832. The summed E-state index contributed by atoms with van der Waals surface area (Å²) in [6.45, 7) is 3.45. The third-order valence-electron chi connectivity index (χ3n) is 1.70. The van der Waals surface area contributed by atoms with E-state index in [1.54, 1.807) is 6.92 Å². The molecule has 1 aromatic rings. The Morgan fingerprint density at radius 2 is 2.31 bits per heavy atom. The van der Waals surface area contributed by atoms with Crippen molar-refractivity contribution < 1.29 is 14.7 Å². The van der Waals surface area contributed by atoms with Gasteiger partial charge >= 0.3 is 12.0 Å². The third kappa shape index (κ3) is 4.26. The van der Waals surface area contributed by atoms with E-state index in [1.165, 1.54) is 11.3 Å². The van der Waals surface area contributed by atoms with Crippen molar-refractivity contribution in [3.05, 3.63) is 11.1 Å². The molecule has 1 atom stereocenters. The average Bonchev–Trinajstić information content (AvgIpc) is 2.48. The molecule has 1 rings (SSSR count). The van der Waals surface area contributed by atoms with Gasteiger partial charge in [-0.05, 0) is 13.8 Å². The Morgan fingerprint density at radius 3 is 2.81 bits per heavy atom. The number of aliphatic carboxylic acids is 1. The summed E-state index contributed by atoms with van der Waals surface area (Å²) in [6, 6.07) is -0.860. The van der Waals surface area contributed by atoms with E-state index in [0.717, 1.165) is 5.69 Å². The molecule has 0 saturated carbocycles. The smallest absolute Gasteiger partial charge is 0.321 e. The van der Waals surface area contributed by atoms with Crippen molar-refractivity contribution >= 4 is 28.5 Å². The number of carbonyl (C=O) groups is 2. The SMILES string of the molecule is Cc1csc(NC(=O)NC(C)CC(=O)O)n1. The number of aromatic nitrogens is 1. The van der Waals surface area contributed by atoms with Crippen molar-refractivity contribution in [2.75, 3.05) is 5.32 Å². The van der Waals surface area contributed by atoms with Crippen LogP contribution in [0.15, 0.2) is 5.38 Å². The molecular weight excluding hydrogens is 230 g/mol. The number of thiazole rings is 1. The van der Waals surface area contributed by atoms with Crippen LogP contribution in [0.5, 0.6) is 0 Å². The molecule has 16 heavy (non-hydrogen) atoms. The first-order chi connectivity index (χ1) is 7.47. The van der Waals surface area contributed by atoms with Gasteiger partial charge in [-0.25, -0.2) is 9.78 Å². The number of nitrogens with one attached hydrogen (secondary N) is 2. The van der Waals surface area contributed by atoms with E-state index in [4.69, 9.17) is 5.11 Å². The van der Waals surface area contributed by atoms with Gasteiger partial charge in [0.25, 0.3) is 0 Å². The number of carbonyl (C=O) groups excluding carboxylic acids is 1. The first-order valence-electron chi connectivity index (χ1n) is 4.69. The number of urea groups is 1. The van der Waals surface area contributed by atoms with Gasteiger partial charge in [0.2, 0.25) is 0 Å². The molecule has 0 spiro atoms. The number of carboxylic acids is 1. The fourth-order valence-corrected chi connectivity index (χ4v) is 1.76. The quantitative estimate of drug-likeness (QED) is 0.746. The lowest BCUT2D eigenvalue weighted by atomic mass is 10.2. The van der Waals surface area contributed by atoms with E-state index >= 15 is 0 Å². The molecule has 1 aromatic heterocycles. The topological polar surface area (TPSA) is 91.3 Å². The number of anilines is 1. The van der Waals surface area contributed by atoms with E-state index in [9.17, 15) is 9.59 Å². The third-order valence-corrected chi connectivity index (χ3v) is 2.57. The van der Waals surface area contributed by atoms with Crippen molar-refractivity contribution in [2.24, 2.45) is 0 Å². The molecule has 0 aromatic carbocycles. The summed E-state index contributed by atoms with van der Waals surface area (Å²) < 4.78 is 0. The van der Waals surface area contributed by atoms with Gasteiger partial charge in [-0.15, -0.1) is 11.3 Å². The molecule has 1 heterocycles. The predicted octanol–water partition coefficient (Wildman–Crippen LogP) is 1.44. The van der Waals surface area contributed by atoms with Crippen molar-refractivity contribution in [1.29, 1.82) is 0 Å². The minimum Gasteiger partial charge on any atom is -0.481 e.